The zero-order chi connectivity index (χ0) is 11.9. The molecular formula is C11H17NO4. The van der Waals surface area contributed by atoms with Crippen LogP contribution in [0.15, 0.2) is 0 Å². The average Bonchev–Trinajstić information content (AvgIpc) is 2.55. The predicted octanol–water partition coefficient (Wildman–Crippen LogP) is -0.0803. The smallest absolute Gasteiger partial charge is 0.328 e. The normalized spacial score (nSPS) is 38.4. The second-order valence-corrected chi connectivity index (χ2v) is 4.71. The Kier molecular flexibility index (Phi) is 2.88. The number of methoxy groups -OCH3 is 1. The van der Waals surface area contributed by atoms with Crippen LogP contribution in [0.25, 0.3) is 0 Å². The fourth-order valence-corrected chi connectivity index (χ4v) is 2.85. The molecule has 0 aromatic carbocycles. The molecule has 0 spiro atoms. The van der Waals surface area contributed by atoms with E-state index in [1.165, 1.54) is 7.11 Å². The third-order valence-electron chi connectivity index (χ3n) is 3.63. The van der Waals surface area contributed by atoms with Crippen molar-refractivity contribution in [2.75, 3.05) is 7.11 Å². The maximum atomic E-state index is 11.8. The summed E-state index contributed by atoms with van der Waals surface area (Å²) in [5, 5.41) is 9.56. The minimum absolute atomic E-state index is 0.0136. The van der Waals surface area contributed by atoms with Crippen LogP contribution in [-0.2, 0) is 14.3 Å². The van der Waals surface area contributed by atoms with Crippen molar-refractivity contribution < 1.29 is 19.4 Å². The van der Waals surface area contributed by atoms with Crippen LogP contribution in [0.1, 0.15) is 26.2 Å². The Balaban J connectivity index is 2.21. The number of aliphatic hydroxyl groups is 1. The van der Waals surface area contributed by atoms with Crippen LogP contribution in [-0.4, -0.2) is 47.2 Å². The fourth-order valence-electron chi connectivity index (χ4n) is 2.85. The maximum Gasteiger partial charge on any atom is 0.328 e. The topological polar surface area (TPSA) is 66.8 Å². The molecule has 2 fully saturated rings. The van der Waals surface area contributed by atoms with Crippen molar-refractivity contribution in [2.45, 2.75) is 44.4 Å². The molecule has 0 bridgehead atoms. The van der Waals surface area contributed by atoms with E-state index in [1.807, 2.05) is 6.92 Å². The molecule has 2 aliphatic rings. The molecule has 1 N–H and O–H groups in total. The van der Waals surface area contributed by atoms with E-state index in [4.69, 9.17) is 4.74 Å². The summed E-state index contributed by atoms with van der Waals surface area (Å²) in [4.78, 5) is 25.0. The first-order valence-corrected chi connectivity index (χ1v) is 5.61. The van der Waals surface area contributed by atoms with Crippen molar-refractivity contribution in [1.82, 2.24) is 4.90 Å². The molecule has 5 nitrogen and oxygen atoms in total. The van der Waals surface area contributed by atoms with Gasteiger partial charge in [-0.15, -0.1) is 0 Å². The SMILES string of the molecule is COC(=O)[C@@H]1C[C@H](C)C2CC(O)CC(=O)N21. The minimum Gasteiger partial charge on any atom is -0.467 e. The Morgan fingerprint density at radius 3 is 2.81 bits per heavy atom. The Bertz CT molecular complexity index is 317. The number of nitrogens with zero attached hydrogens (tertiary/aromatic N) is 1. The molecule has 0 aromatic heterocycles. The van der Waals surface area contributed by atoms with Crippen LogP contribution in [0.5, 0.6) is 0 Å². The third-order valence-corrected chi connectivity index (χ3v) is 3.63. The highest BCUT2D eigenvalue weighted by Crippen LogP contribution is 2.36. The third kappa shape index (κ3) is 1.69. The van der Waals surface area contributed by atoms with Gasteiger partial charge in [-0.3, -0.25) is 4.79 Å². The van der Waals surface area contributed by atoms with Gasteiger partial charge in [0.15, 0.2) is 0 Å². The van der Waals surface area contributed by atoms with E-state index in [0.717, 1.165) is 0 Å². The molecule has 4 atom stereocenters. The highest BCUT2D eigenvalue weighted by atomic mass is 16.5. The molecule has 1 amide bonds. The number of amides is 1. The number of hydrogen-bond acceptors (Lipinski definition) is 4. The van der Waals surface area contributed by atoms with Gasteiger partial charge in [-0.05, 0) is 18.8 Å². The lowest BCUT2D eigenvalue weighted by molar-refractivity contribution is -0.155. The van der Waals surface area contributed by atoms with Crippen LogP contribution in [0, 0.1) is 5.92 Å². The molecule has 2 aliphatic heterocycles. The minimum atomic E-state index is -0.562. The molecule has 16 heavy (non-hydrogen) atoms. The first kappa shape index (κ1) is 11.4. The number of rotatable bonds is 1. The molecule has 2 heterocycles. The molecule has 0 radical (unpaired) electrons. The Labute approximate surface area is 94.4 Å². The number of esters is 1. The highest BCUT2D eigenvalue weighted by molar-refractivity contribution is 5.86. The number of carbonyl (C=O) groups excluding carboxylic acids is 2. The van der Waals surface area contributed by atoms with Gasteiger partial charge < -0.3 is 14.7 Å². The Morgan fingerprint density at radius 2 is 2.19 bits per heavy atom. The van der Waals surface area contributed by atoms with Crippen molar-refractivity contribution in [3.05, 3.63) is 0 Å². The van der Waals surface area contributed by atoms with Gasteiger partial charge in [-0.25, -0.2) is 4.79 Å². The van der Waals surface area contributed by atoms with E-state index in [2.05, 4.69) is 0 Å². The summed E-state index contributed by atoms with van der Waals surface area (Å²) >= 11 is 0. The zero-order valence-electron chi connectivity index (χ0n) is 9.55. The lowest BCUT2D eigenvalue weighted by atomic mass is 9.93. The van der Waals surface area contributed by atoms with Gasteiger partial charge in [-0.1, -0.05) is 6.92 Å². The van der Waals surface area contributed by atoms with Gasteiger partial charge in [0, 0.05) is 6.04 Å². The molecule has 0 saturated carbocycles. The molecular weight excluding hydrogens is 210 g/mol. The number of carbonyl (C=O) groups is 2. The van der Waals surface area contributed by atoms with Crippen molar-refractivity contribution >= 4 is 11.9 Å². The lowest BCUT2D eigenvalue weighted by Crippen LogP contribution is -2.51. The predicted molar refractivity (Wildman–Crippen MR) is 55.5 cm³/mol. The Hall–Kier alpha value is -1.10. The summed E-state index contributed by atoms with van der Waals surface area (Å²) in [6, 6.07) is -0.467. The quantitative estimate of drug-likeness (QED) is 0.636. The molecule has 2 rings (SSSR count). The molecule has 90 valence electrons. The van der Waals surface area contributed by atoms with E-state index in [9.17, 15) is 14.7 Å². The first-order valence-electron chi connectivity index (χ1n) is 5.61. The van der Waals surface area contributed by atoms with Gasteiger partial charge >= 0.3 is 5.97 Å². The van der Waals surface area contributed by atoms with Crippen molar-refractivity contribution in [3.8, 4) is 0 Å². The second-order valence-electron chi connectivity index (χ2n) is 4.71. The molecule has 0 aliphatic carbocycles. The van der Waals surface area contributed by atoms with E-state index in [0.29, 0.717) is 12.8 Å². The number of fused-ring (bicyclic) bond motifs is 1. The maximum absolute atomic E-state index is 11.8. The molecule has 0 aromatic rings. The number of aliphatic hydroxyl groups excluding tert-OH is 1. The van der Waals surface area contributed by atoms with Gasteiger partial charge in [0.05, 0.1) is 19.6 Å². The number of hydrogen-bond donors (Lipinski definition) is 1. The summed E-state index contributed by atoms with van der Waals surface area (Å²) in [6.45, 7) is 2.01. The van der Waals surface area contributed by atoms with Crippen LogP contribution in [0.4, 0.5) is 0 Å². The molecule has 5 heteroatoms. The summed E-state index contributed by atoms with van der Waals surface area (Å²) in [5.74, 6) is -0.245. The van der Waals surface area contributed by atoms with E-state index >= 15 is 0 Å². The van der Waals surface area contributed by atoms with E-state index in [1.54, 1.807) is 4.90 Å². The lowest BCUT2D eigenvalue weighted by Gasteiger charge is -2.36. The van der Waals surface area contributed by atoms with Gasteiger partial charge in [0.25, 0.3) is 0 Å². The first-order chi connectivity index (χ1) is 7.54. The Morgan fingerprint density at radius 1 is 1.50 bits per heavy atom. The van der Waals surface area contributed by atoms with E-state index < -0.39 is 12.1 Å². The standard InChI is InChI=1S/C11H17NO4/c1-6-3-9(11(15)16-2)12-8(6)4-7(13)5-10(12)14/h6-9,13H,3-5H2,1-2H3/t6-,7?,8?,9-/m0/s1. The summed E-state index contributed by atoms with van der Waals surface area (Å²) < 4.78 is 4.71. The van der Waals surface area contributed by atoms with Crippen LogP contribution in [0.3, 0.4) is 0 Å². The second kappa shape index (κ2) is 4.05. The number of piperidine rings is 1. The van der Waals surface area contributed by atoms with Crippen LogP contribution in [0.2, 0.25) is 0 Å². The van der Waals surface area contributed by atoms with E-state index in [-0.39, 0.29) is 30.3 Å². The summed E-state index contributed by atoms with van der Waals surface area (Å²) in [5.41, 5.74) is 0. The van der Waals surface area contributed by atoms with Crippen LogP contribution >= 0.6 is 0 Å². The highest BCUT2D eigenvalue weighted by Gasteiger charge is 2.48. The monoisotopic (exact) mass is 227 g/mol. The largest absolute Gasteiger partial charge is 0.467 e. The van der Waals surface area contributed by atoms with Gasteiger partial charge in [0.2, 0.25) is 5.91 Å². The number of ether oxygens (including phenoxy) is 1. The van der Waals surface area contributed by atoms with Crippen LogP contribution < -0.4 is 0 Å². The zero-order valence-corrected chi connectivity index (χ0v) is 9.55. The van der Waals surface area contributed by atoms with Gasteiger partial charge in [-0.2, -0.15) is 0 Å². The summed E-state index contributed by atoms with van der Waals surface area (Å²) in [6.07, 6.45) is 0.764. The summed E-state index contributed by atoms with van der Waals surface area (Å²) in [7, 11) is 1.34. The molecule has 2 unspecified atom stereocenters. The van der Waals surface area contributed by atoms with Gasteiger partial charge in [0.1, 0.15) is 6.04 Å². The average molecular weight is 227 g/mol. The van der Waals surface area contributed by atoms with Crippen molar-refractivity contribution in [3.63, 3.8) is 0 Å². The van der Waals surface area contributed by atoms with Crippen molar-refractivity contribution in [1.29, 1.82) is 0 Å². The van der Waals surface area contributed by atoms with Crippen molar-refractivity contribution in [2.24, 2.45) is 5.92 Å². The fraction of sp³-hybridized carbons (Fsp3) is 0.818. The molecule has 2 saturated heterocycles.